The Morgan fingerprint density at radius 3 is 2.46 bits per heavy atom. The van der Waals surface area contributed by atoms with Crippen LogP contribution in [0.25, 0.3) is 20.8 Å². The molecule has 1 aliphatic heterocycles. The highest BCUT2D eigenvalue weighted by molar-refractivity contribution is 7.21. The number of benzene rings is 2. The first-order valence-corrected chi connectivity index (χ1v) is 10.0. The first kappa shape index (κ1) is 18.3. The fourth-order valence-corrected chi connectivity index (χ4v) is 4.14. The Hall–Kier alpha value is -3.06. The summed E-state index contributed by atoms with van der Waals surface area (Å²) in [7, 11) is 0. The summed E-state index contributed by atoms with van der Waals surface area (Å²) in [6.45, 7) is 0.768. The lowest BCUT2D eigenvalue weighted by molar-refractivity contribution is -0.138. The molecule has 2 aromatic carbocycles. The number of carbonyl (C=O) groups is 3. The van der Waals surface area contributed by atoms with Gasteiger partial charge in [0, 0.05) is 37.1 Å². The number of hydrogen-bond donors (Lipinski definition) is 1. The van der Waals surface area contributed by atoms with Crippen LogP contribution in [0.15, 0.2) is 48.5 Å². The minimum Gasteiger partial charge on any atom is -0.352 e. The van der Waals surface area contributed by atoms with Crippen molar-refractivity contribution in [1.82, 2.24) is 15.2 Å². The van der Waals surface area contributed by atoms with Gasteiger partial charge >= 0.3 is 0 Å². The smallest absolute Gasteiger partial charge is 0.251 e. The summed E-state index contributed by atoms with van der Waals surface area (Å²) in [5.74, 6) is -0.418. The average molecular weight is 393 g/mol. The van der Waals surface area contributed by atoms with Crippen LogP contribution >= 0.6 is 11.3 Å². The molecule has 1 fully saturated rings. The lowest BCUT2D eigenvalue weighted by Gasteiger charge is -2.13. The van der Waals surface area contributed by atoms with Crippen LogP contribution < -0.4 is 5.32 Å². The Morgan fingerprint density at radius 1 is 1.04 bits per heavy atom. The van der Waals surface area contributed by atoms with Gasteiger partial charge in [0.2, 0.25) is 11.8 Å². The summed E-state index contributed by atoms with van der Waals surface area (Å²) in [4.78, 5) is 41.3. The van der Waals surface area contributed by atoms with Crippen LogP contribution in [0, 0.1) is 0 Å². The number of imide groups is 1. The lowest BCUT2D eigenvalue weighted by atomic mass is 10.1. The third-order valence-electron chi connectivity index (χ3n) is 4.69. The van der Waals surface area contributed by atoms with Crippen LogP contribution in [0.3, 0.4) is 0 Å². The number of nitrogens with one attached hydrogen (secondary N) is 1. The van der Waals surface area contributed by atoms with Gasteiger partial charge in [-0.1, -0.05) is 24.3 Å². The maximum absolute atomic E-state index is 12.3. The van der Waals surface area contributed by atoms with Gasteiger partial charge in [-0.05, 0) is 30.7 Å². The summed E-state index contributed by atoms with van der Waals surface area (Å²) in [5, 5.41) is 3.76. The number of nitrogens with zero attached hydrogens (tertiary/aromatic N) is 2. The highest BCUT2D eigenvalue weighted by Crippen LogP contribution is 2.29. The highest BCUT2D eigenvalue weighted by Gasteiger charge is 2.27. The number of aromatic nitrogens is 1. The van der Waals surface area contributed by atoms with E-state index < -0.39 is 0 Å². The van der Waals surface area contributed by atoms with E-state index in [1.165, 1.54) is 4.90 Å². The minimum absolute atomic E-state index is 0.123. The molecule has 0 bridgehead atoms. The van der Waals surface area contributed by atoms with E-state index >= 15 is 0 Å². The van der Waals surface area contributed by atoms with Crippen LogP contribution in [-0.4, -0.2) is 40.7 Å². The molecule has 2 heterocycles. The van der Waals surface area contributed by atoms with E-state index in [1.54, 1.807) is 23.5 Å². The quantitative estimate of drug-likeness (QED) is 0.515. The molecule has 28 heavy (non-hydrogen) atoms. The monoisotopic (exact) mass is 393 g/mol. The standard InChI is InChI=1S/C21H19N3O3S/c25-18-10-11-19(26)24(18)13-3-12-22-20(27)14-6-8-15(9-7-14)21-23-16-4-1-2-5-17(16)28-21/h1-2,4-9H,3,10-13H2,(H,22,27). The number of rotatable bonds is 6. The molecule has 7 heteroatoms. The van der Waals surface area contributed by atoms with Gasteiger partial charge in [-0.2, -0.15) is 0 Å². The van der Waals surface area contributed by atoms with Gasteiger partial charge in [-0.25, -0.2) is 4.98 Å². The van der Waals surface area contributed by atoms with Gasteiger partial charge in [-0.3, -0.25) is 19.3 Å². The molecule has 3 aromatic rings. The van der Waals surface area contributed by atoms with E-state index in [1.807, 2.05) is 36.4 Å². The largest absolute Gasteiger partial charge is 0.352 e. The van der Waals surface area contributed by atoms with Crippen molar-refractivity contribution >= 4 is 39.3 Å². The molecule has 0 spiro atoms. The molecule has 0 aliphatic carbocycles. The first-order chi connectivity index (χ1) is 13.6. The Labute approximate surface area is 166 Å². The summed E-state index contributed by atoms with van der Waals surface area (Å²) in [6, 6.07) is 15.3. The fourth-order valence-electron chi connectivity index (χ4n) is 3.17. The van der Waals surface area contributed by atoms with Crippen molar-refractivity contribution in [2.24, 2.45) is 0 Å². The van der Waals surface area contributed by atoms with Crippen molar-refractivity contribution in [3.05, 3.63) is 54.1 Å². The van der Waals surface area contributed by atoms with Crippen LogP contribution in [0.2, 0.25) is 0 Å². The summed E-state index contributed by atoms with van der Waals surface area (Å²) < 4.78 is 1.13. The Balaban J connectivity index is 1.32. The average Bonchev–Trinajstić information content (AvgIpc) is 3.29. The van der Waals surface area contributed by atoms with Crippen LogP contribution in [0.4, 0.5) is 0 Å². The van der Waals surface area contributed by atoms with Crippen molar-refractivity contribution < 1.29 is 14.4 Å². The molecule has 142 valence electrons. The van der Waals surface area contributed by atoms with E-state index in [4.69, 9.17) is 0 Å². The van der Waals surface area contributed by atoms with Crippen LogP contribution in [-0.2, 0) is 9.59 Å². The molecule has 0 atom stereocenters. The topological polar surface area (TPSA) is 79.4 Å². The molecule has 1 aliphatic rings. The number of hydrogen-bond acceptors (Lipinski definition) is 5. The third kappa shape index (κ3) is 3.80. The van der Waals surface area contributed by atoms with E-state index in [9.17, 15) is 14.4 Å². The number of thiazole rings is 1. The van der Waals surface area contributed by atoms with Gasteiger partial charge < -0.3 is 5.32 Å². The van der Waals surface area contributed by atoms with E-state index in [2.05, 4.69) is 10.3 Å². The summed E-state index contributed by atoms with van der Waals surface area (Å²) in [6.07, 6.45) is 1.14. The zero-order chi connectivity index (χ0) is 19.5. The Kier molecular flexibility index (Phi) is 5.16. The van der Waals surface area contributed by atoms with Gasteiger partial charge in [0.05, 0.1) is 10.2 Å². The number of likely N-dealkylation sites (tertiary alicyclic amines) is 1. The number of para-hydroxylation sites is 1. The molecule has 0 radical (unpaired) electrons. The maximum Gasteiger partial charge on any atom is 0.251 e. The number of fused-ring (bicyclic) bond motifs is 1. The third-order valence-corrected chi connectivity index (χ3v) is 5.77. The van der Waals surface area contributed by atoms with Crippen molar-refractivity contribution in [2.45, 2.75) is 19.3 Å². The molecule has 4 rings (SSSR count). The molecule has 3 amide bonds. The second-order valence-corrected chi connectivity index (χ2v) is 7.64. The fraction of sp³-hybridized carbons (Fsp3) is 0.238. The molecular formula is C21H19N3O3S. The van der Waals surface area contributed by atoms with Crippen molar-refractivity contribution in [2.75, 3.05) is 13.1 Å². The molecule has 1 N–H and O–H groups in total. The maximum atomic E-state index is 12.3. The molecular weight excluding hydrogens is 374 g/mol. The van der Waals surface area contributed by atoms with Gasteiger partial charge in [0.15, 0.2) is 0 Å². The van der Waals surface area contributed by atoms with E-state index in [-0.39, 0.29) is 17.7 Å². The Morgan fingerprint density at radius 2 is 1.75 bits per heavy atom. The molecule has 0 unspecified atom stereocenters. The minimum atomic E-state index is -0.171. The molecule has 1 saturated heterocycles. The van der Waals surface area contributed by atoms with Crippen LogP contribution in [0.1, 0.15) is 29.6 Å². The molecule has 6 nitrogen and oxygen atoms in total. The van der Waals surface area contributed by atoms with Gasteiger partial charge in [0.1, 0.15) is 5.01 Å². The molecule has 1 aromatic heterocycles. The van der Waals surface area contributed by atoms with Crippen molar-refractivity contribution in [3.63, 3.8) is 0 Å². The predicted octanol–water partition coefficient (Wildman–Crippen LogP) is 3.23. The van der Waals surface area contributed by atoms with E-state index in [0.29, 0.717) is 37.9 Å². The zero-order valence-electron chi connectivity index (χ0n) is 15.2. The van der Waals surface area contributed by atoms with E-state index in [0.717, 1.165) is 20.8 Å². The van der Waals surface area contributed by atoms with Crippen molar-refractivity contribution in [3.8, 4) is 10.6 Å². The lowest BCUT2D eigenvalue weighted by Crippen LogP contribution is -2.33. The van der Waals surface area contributed by atoms with Crippen LogP contribution in [0.5, 0.6) is 0 Å². The second kappa shape index (κ2) is 7.90. The second-order valence-electron chi connectivity index (χ2n) is 6.61. The first-order valence-electron chi connectivity index (χ1n) is 9.19. The predicted molar refractivity (Wildman–Crippen MR) is 108 cm³/mol. The molecule has 0 saturated carbocycles. The van der Waals surface area contributed by atoms with Gasteiger partial charge in [0.25, 0.3) is 5.91 Å². The number of carbonyl (C=O) groups excluding carboxylic acids is 3. The number of amides is 3. The highest BCUT2D eigenvalue weighted by atomic mass is 32.1. The Bertz CT molecular complexity index is 993. The van der Waals surface area contributed by atoms with Gasteiger partial charge in [-0.15, -0.1) is 11.3 Å². The normalized spacial score (nSPS) is 14.1. The summed E-state index contributed by atoms with van der Waals surface area (Å²) in [5.41, 5.74) is 2.52. The SMILES string of the molecule is O=C(NCCCN1C(=O)CCC1=O)c1ccc(-c2nc3ccccc3s2)cc1. The summed E-state index contributed by atoms with van der Waals surface area (Å²) >= 11 is 1.62. The van der Waals surface area contributed by atoms with Crippen molar-refractivity contribution in [1.29, 1.82) is 0 Å². The zero-order valence-corrected chi connectivity index (χ0v) is 16.0.